The number of hydrogen-bond acceptors (Lipinski definition) is 3. The maximum atomic E-state index is 11.9. The zero-order valence-corrected chi connectivity index (χ0v) is 10.6. The smallest absolute Gasteiger partial charge is 0.253 e. The maximum Gasteiger partial charge on any atom is 0.253 e. The summed E-state index contributed by atoms with van der Waals surface area (Å²) < 4.78 is 5.23. The zero-order chi connectivity index (χ0) is 13.0. The van der Waals surface area contributed by atoms with Gasteiger partial charge in [0.15, 0.2) is 0 Å². The largest absolute Gasteiger partial charge is 0.469 e. The summed E-state index contributed by atoms with van der Waals surface area (Å²) in [7, 11) is 0. The van der Waals surface area contributed by atoms with Gasteiger partial charge in [-0.3, -0.25) is 4.79 Å². The molecule has 0 aliphatic carbocycles. The summed E-state index contributed by atoms with van der Waals surface area (Å²) in [6.45, 7) is 1.92. The van der Waals surface area contributed by atoms with Gasteiger partial charge >= 0.3 is 0 Å². The Morgan fingerprint density at radius 1 is 1.50 bits per heavy atom. The van der Waals surface area contributed by atoms with Crippen molar-refractivity contribution in [3.63, 3.8) is 0 Å². The van der Waals surface area contributed by atoms with E-state index in [-0.39, 0.29) is 11.9 Å². The summed E-state index contributed by atoms with van der Waals surface area (Å²) in [4.78, 5) is 15.7. The Morgan fingerprint density at radius 2 is 2.33 bits per heavy atom. The Morgan fingerprint density at radius 3 is 2.94 bits per heavy atom. The number of carbonyl (C=O) groups excluding carboxylic acids is 1. The molecule has 2 heterocycles. The molecule has 0 radical (unpaired) electrons. The van der Waals surface area contributed by atoms with E-state index in [1.165, 1.54) is 6.20 Å². The van der Waals surface area contributed by atoms with Crippen molar-refractivity contribution in [1.82, 2.24) is 10.3 Å². The summed E-state index contributed by atoms with van der Waals surface area (Å²) in [6, 6.07) is 6.93. The third kappa shape index (κ3) is 3.34. The van der Waals surface area contributed by atoms with Gasteiger partial charge in [0, 0.05) is 18.7 Å². The molecule has 0 saturated carbocycles. The van der Waals surface area contributed by atoms with E-state index in [2.05, 4.69) is 10.3 Å². The second-order valence-electron chi connectivity index (χ2n) is 4.03. The van der Waals surface area contributed by atoms with Crippen LogP contribution in [0.25, 0.3) is 0 Å². The molecule has 0 aliphatic rings. The number of nitrogens with one attached hydrogen (secondary N) is 1. The molecule has 2 aromatic heterocycles. The van der Waals surface area contributed by atoms with Gasteiger partial charge in [-0.05, 0) is 31.2 Å². The number of furan rings is 1. The standard InChI is InChI=1S/C13H13ClN2O2/c1-9(7-11-3-2-6-18-11)16-13(17)10-4-5-12(14)15-8-10/h2-6,8-9H,7H2,1H3,(H,16,17). The molecule has 1 amide bonds. The van der Waals surface area contributed by atoms with E-state index in [0.717, 1.165) is 5.76 Å². The predicted molar refractivity (Wildman–Crippen MR) is 68.6 cm³/mol. The van der Waals surface area contributed by atoms with Crippen LogP contribution in [0.4, 0.5) is 0 Å². The molecule has 1 N–H and O–H groups in total. The minimum atomic E-state index is -0.168. The van der Waals surface area contributed by atoms with Crippen LogP contribution in [0.3, 0.4) is 0 Å². The molecule has 2 rings (SSSR count). The normalized spacial score (nSPS) is 12.1. The number of halogens is 1. The monoisotopic (exact) mass is 264 g/mol. The Balaban J connectivity index is 1.92. The summed E-state index contributed by atoms with van der Waals surface area (Å²) in [5, 5.41) is 3.24. The van der Waals surface area contributed by atoms with Crippen LogP contribution in [0.2, 0.25) is 5.15 Å². The number of hydrogen-bond donors (Lipinski definition) is 1. The van der Waals surface area contributed by atoms with Crippen molar-refractivity contribution >= 4 is 17.5 Å². The van der Waals surface area contributed by atoms with Gasteiger partial charge in [0.05, 0.1) is 11.8 Å². The maximum absolute atomic E-state index is 11.9. The van der Waals surface area contributed by atoms with E-state index in [1.807, 2.05) is 19.1 Å². The topological polar surface area (TPSA) is 55.1 Å². The lowest BCUT2D eigenvalue weighted by Gasteiger charge is -2.12. The summed E-state index contributed by atoms with van der Waals surface area (Å²) >= 11 is 5.66. The van der Waals surface area contributed by atoms with E-state index in [1.54, 1.807) is 18.4 Å². The first-order valence-electron chi connectivity index (χ1n) is 5.60. The van der Waals surface area contributed by atoms with Crippen LogP contribution in [-0.4, -0.2) is 16.9 Å². The van der Waals surface area contributed by atoms with Crippen LogP contribution in [0.5, 0.6) is 0 Å². The van der Waals surface area contributed by atoms with Crippen molar-refractivity contribution in [2.24, 2.45) is 0 Å². The Bertz CT molecular complexity index is 508. The predicted octanol–water partition coefficient (Wildman–Crippen LogP) is 2.69. The van der Waals surface area contributed by atoms with Crippen molar-refractivity contribution in [3.05, 3.63) is 53.2 Å². The molecular weight excluding hydrogens is 252 g/mol. The molecule has 0 saturated heterocycles. The Labute approximate surface area is 110 Å². The number of carbonyl (C=O) groups is 1. The summed E-state index contributed by atoms with van der Waals surface area (Å²) in [5.74, 6) is 0.676. The summed E-state index contributed by atoms with van der Waals surface area (Å²) in [6.07, 6.45) is 3.73. The molecule has 0 aliphatic heterocycles. The van der Waals surface area contributed by atoms with Gasteiger partial charge in [-0.15, -0.1) is 0 Å². The van der Waals surface area contributed by atoms with E-state index >= 15 is 0 Å². The van der Waals surface area contributed by atoms with E-state index in [4.69, 9.17) is 16.0 Å². The first-order chi connectivity index (χ1) is 8.65. The Kier molecular flexibility index (Phi) is 3.99. The molecular formula is C13H13ClN2O2. The first kappa shape index (κ1) is 12.6. The van der Waals surface area contributed by atoms with Crippen LogP contribution in [0.1, 0.15) is 23.0 Å². The van der Waals surface area contributed by atoms with Crippen LogP contribution < -0.4 is 5.32 Å². The minimum Gasteiger partial charge on any atom is -0.469 e. The fourth-order valence-electron chi connectivity index (χ4n) is 1.60. The van der Waals surface area contributed by atoms with Crippen LogP contribution in [0, 0.1) is 0 Å². The van der Waals surface area contributed by atoms with Gasteiger partial charge in [-0.2, -0.15) is 0 Å². The number of amides is 1. The molecule has 0 aromatic carbocycles. The SMILES string of the molecule is CC(Cc1ccco1)NC(=O)c1ccc(Cl)nc1. The van der Waals surface area contributed by atoms with Crippen molar-refractivity contribution in [2.45, 2.75) is 19.4 Å². The van der Waals surface area contributed by atoms with E-state index in [9.17, 15) is 4.79 Å². The minimum absolute atomic E-state index is 0.0145. The number of nitrogens with zero attached hydrogens (tertiary/aromatic N) is 1. The fourth-order valence-corrected chi connectivity index (χ4v) is 1.71. The Hall–Kier alpha value is -1.81. The van der Waals surface area contributed by atoms with Crippen LogP contribution in [0.15, 0.2) is 41.1 Å². The lowest BCUT2D eigenvalue weighted by Crippen LogP contribution is -2.34. The quantitative estimate of drug-likeness (QED) is 0.864. The molecule has 4 nitrogen and oxygen atoms in total. The van der Waals surface area contributed by atoms with Gasteiger partial charge in [0.1, 0.15) is 10.9 Å². The zero-order valence-electron chi connectivity index (χ0n) is 9.89. The van der Waals surface area contributed by atoms with Crippen LogP contribution in [-0.2, 0) is 6.42 Å². The second kappa shape index (κ2) is 5.69. The second-order valence-corrected chi connectivity index (χ2v) is 4.41. The third-order valence-corrected chi connectivity index (χ3v) is 2.68. The number of aromatic nitrogens is 1. The van der Waals surface area contributed by atoms with Crippen molar-refractivity contribution in [3.8, 4) is 0 Å². The van der Waals surface area contributed by atoms with Gasteiger partial charge in [-0.1, -0.05) is 11.6 Å². The molecule has 1 unspecified atom stereocenters. The average molecular weight is 265 g/mol. The third-order valence-electron chi connectivity index (χ3n) is 2.45. The van der Waals surface area contributed by atoms with E-state index in [0.29, 0.717) is 17.1 Å². The van der Waals surface area contributed by atoms with Crippen LogP contribution >= 0.6 is 11.6 Å². The summed E-state index contributed by atoms with van der Waals surface area (Å²) in [5.41, 5.74) is 0.491. The molecule has 94 valence electrons. The van der Waals surface area contributed by atoms with E-state index < -0.39 is 0 Å². The first-order valence-corrected chi connectivity index (χ1v) is 5.98. The highest BCUT2D eigenvalue weighted by Crippen LogP contribution is 2.07. The fraction of sp³-hybridized carbons (Fsp3) is 0.231. The molecule has 1 atom stereocenters. The highest BCUT2D eigenvalue weighted by Gasteiger charge is 2.11. The molecule has 18 heavy (non-hydrogen) atoms. The van der Waals surface area contributed by atoms with Crippen molar-refractivity contribution in [2.75, 3.05) is 0 Å². The number of pyridine rings is 1. The highest BCUT2D eigenvalue weighted by atomic mass is 35.5. The average Bonchev–Trinajstić information content (AvgIpc) is 2.82. The molecule has 0 fully saturated rings. The molecule has 2 aromatic rings. The number of rotatable bonds is 4. The van der Waals surface area contributed by atoms with Gasteiger partial charge in [-0.25, -0.2) is 4.98 Å². The van der Waals surface area contributed by atoms with Gasteiger partial charge < -0.3 is 9.73 Å². The lowest BCUT2D eigenvalue weighted by atomic mass is 10.2. The molecule has 0 spiro atoms. The van der Waals surface area contributed by atoms with Gasteiger partial charge in [0.25, 0.3) is 5.91 Å². The highest BCUT2D eigenvalue weighted by molar-refractivity contribution is 6.29. The van der Waals surface area contributed by atoms with Crippen molar-refractivity contribution < 1.29 is 9.21 Å². The lowest BCUT2D eigenvalue weighted by molar-refractivity contribution is 0.0939. The molecule has 5 heteroatoms. The van der Waals surface area contributed by atoms with Gasteiger partial charge in [0.2, 0.25) is 0 Å². The molecule has 0 bridgehead atoms. The van der Waals surface area contributed by atoms with Crippen molar-refractivity contribution in [1.29, 1.82) is 0 Å².